The molecule has 2 N–H and O–H groups in total. The van der Waals surface area contributed by atoms with Crippen molar-refractivity contribution in [2.75, 3.05) is 0 Å². The first-order valence-electron chi connectivity index (χ1n) is 6.58. The molecule has 0 bridgehead atoms. The second-order valence-electron chi connectivity index (χ2n) is 5.31. The first-order valence-corrected chi connectivity index (χ1v) is 6.58. The number of aryl methyl sites for hydroxylation is 2. The molecule has 2 nitrogen and oxygen atoms in total. The molecule has 1 aliphatic rings. The Morgan fingerprint density at radius 1 is 1.12 bits per heavy atom. The zero-order valence-corrected chi connectivity index (χ0v) is 11.1. The normalized spacial score (nSPS) is 24.7. The van der Waals surface area contributed by atoms with E-state index >= 15 is 0 Å². The zero-order chi connectivity index (χ0) is 12.4. The summed E-state index contributed by atoms with van der Waals surface area (Å²) in [7, 11) is 0. The largest absolute Gasteiger partial charge is 0.489 e. The van der Waals surface area contributed by atoms with Crippen LogP contribution in [-0.4, -0.2) is 12.1 Å². The molecule has 94 valence electrons. The lowest BCUT2D eigenvalue weighted by Gasteiger charge is -2.30. The second kappa shape index (κ2) is 5.09. The predicted octanol–water partition coefficient (Wildman–Crippen LogP) is 3.26. The minimum atomic E-state index is 0.198. The molecule has 0 amide bonds. The van der Waals surface area contributed by atoms with Gasteiger partial charge in [-0.15, -0.1) is 0 Å². The highest BCUT2D eigenvalue weighted by atomic mass is 16.5. The van der Waals surface area contributed by atoms with E-state index in [0.29, 0.717) is 0 Å². The summed E-state index contributed by atoms with van der Waals surface area (Å²) in [5.41, 5.74) is 9.92. The minimum absolute atomic E-state index is 0.198. The minimum Gasteiger partial charge on any atom is -0.489 e. The summed E-state index contributed by atoms with van der Waals surface area (Å²) in [4.78, 5) is 0. The highest BCUT2D eigenvalue weighted by molar-refractivity contribution is 5.42. The van der Waals surface area contributed by atoms with Crippen molar-refractivity contribution in [2.24, 2.45) is 5.73 Å². The number of ether oxygens (including phenoxy) is 1. The fraction of sp³-hybridized carbons (Fsp3) is 0.600. The van der Waals surface area contributed by atoms with Gasteiger partial charge in [0, 0.05) is 6.04 Å². The third kappa shape index (κ3) is 2.81. The van der Waals surface area contributed by atoms with Crippen LogP contribution in [0.25, 0.3) is 0 Å². The zero-order valence-electron chi connectivity index (χ0n) is 11.1. The molecular weight excluding hydrogens is 210 g/mol. The van der Waals surface area contributed by atoms with E-state index < -0.39 is 0 Å². The Bertz CT molecular complexity index is 400. The van der Waals surface area contributed by atoms with Gasteiger partial charge >= 0.3 is 0 Å². The van der Waals surface area contributed by atoms with Crippen molar-refractivity contribution in [1.29, 1.82) is 0 Å². The molecule has 0 heterocycles. The summed E-state index contributed by atoms with van der Waals surface area (Å²) in [6, 6.07) is 4.52. The summed E-state index contributed by atoms with van der Waals surface area (Å²) in [5.74, 6) is 1.02. The van der Waals surface area contributed by atoms with Crippen molar-refractivity contribution in [1.82, 2.24) is 0 Å². The fourth-order valence-corrected chi connectivity index (χ4v) is 2.56. The van der Waals surface area contributed by atoms with Crippen molar-refractivity contribution in [3.05, 3.63) is 28.8 Å². The SMILES string of the molecule is Cc1cc(C)c(C)c(OC2CCCCC2N)c1. The molecule has 2 unspecified atom stereocenters. The molecule has 0 spiro atoms. The Kier molecular flexibility index (Phi) is 3.72. The maximum absolute atomic E-state index is 6.14. The van der Waals surface area contributed by atoms with E-state index in [4.69, 9.17) is 10.5 Å². The maximum Gasteiger partial charge on any atom is 0.123 e. The smallest absolute Gasteiger partial charge is 0.123 e. The highest BCUT2D eigenvalue weighted by Gasteiger charge is 2.24. The molecule has 17 heavy (non-hydrogen) atoms. The number of rotatable bonds is 2. The van der Waals surface area contributed by atoms with Crippen molar-refractivity contribution in [3.63, 3.8) is 0 Å². The van der Waals surface area contributed by atoms with E-state index in [9.17, 15) is 0 Å². The Morgan fingerprint density at radius 3 is 2.53 bits per heavy atom. The van der Waals surface area contributed by atoms with Gasteiger partial charge in [-0.25, -0.2) is 0 Å². The van der Waals surface area contributed by atoms with Crippen LogP contribution in [-0.2, 0) is 0 Å². The van der Waals surface area contributed by atoms with Gasteiger partial charge in [0.1, 0.15) is 11.9 Å². The Labute approximate surface area is 104 Å². The number of hydrogen-bond acceptors (Lipinski definition) is 2. The fourth-order valence-electron chi connectivity index (χ4n) is 2.56. The van der Waals surface area contributed by atoms with Crippen LogP contribution in [0.15, 0.2) is 12.1 Å². The molecule has 1 aliphatic carbocycles. The average Bonchev–Trinajstić information content (AvgIpc) is 2.28. The molecule has 2 atom stereocenters. The first-order chi connectivity index (χ1) is 8.08. The lowest BCUT2D eigenvalue weighted by molar-refractivity contribution is 0.131. The van der Waals surface area contributed by atoms with Gasteiger partial charge in [0.2, 0.25) is 0 Å². The molecule has 1 aromatic carbocycles. The number of hydrogen-bond donors (Lipinski definition) is 1. The molecule has 2 heteroatoms. The van der Waals surface area contributed by atoms with E-state index in [-0.39, 0.29) is 12.1 Å². The highest BCUT2D eigenvalue weighted by Crippen LogP contribution is 2.28. The Balaban J connectivity index is 2.17. The Hall–Kier alpha value is -1.02. The average molecular weight is 233 g/mol. The van der Waals surface area contributed by atoms with Crippen LogP contribution >= 0.6 is 0 Å². The summed E-state index contributed by atoms with van der Waals surface area (Å²) < 4.78 is 6.14. The van der Waals surface area contributed by atoms with Gasteiger partial charge in [-0.1, -0.05) is 12.5 Å². The lowest BCUT2D eigenvalue weighted by Crippen LogP contribution is -2.41. The molecule has 1 saturated carbocycles. The topological polar surface area (TPSA) is 35.2 Å². The molecule has 1 fully saturated rings. The quantitative estimate of drug-likeness (QED) is 0.851. The molecule has 0 saturated heterocycles. The van der Waals surface area contributed by atoms with Crippen LogP contribution in [0.1, 0.15) is 42.4 Å². The number of benzene rings is 1. The third-order valence-electron chi connectivity index (χ3n) is 3.80. The third-order valence-corrected chi connectivity index (χ3v) is 3.80. The molecule has 0 aromatic heterocycles. The maximum atomic E-state index is 6.14. The lowest BCUT2D eigenvalue weighted by atomic mass is 9.93. The second-order valence-corrected chi connectivity index (χ2v) is 5.31. The molecule has 0 radical (unpaired) electrons. The summed E-state index contributed by atoms with van der Waals surface area (Å²) in [5, 5.41) is 0. The molecular formula is C15H23NO. The van der Waals surface area contributed by atoms with Gasteiger partial charge in [-0.3, -0.25) is 0 Å². The van der Waals surface area contributed by atoms with E-state index in [1.807, 2.05) is 0 Å². The van der Waals surface area contributed by atoms with Gasteiger partial charge in [0.15, 0.2) is 0 Å². The van der Waals surface area contributed by atoms with Crippen LogP contribution in [0, 0.1) is 20.8 Å². The van der Waals surface area contributed by atoms with Gasteiger partial charge < -0.3 is 10.5 Å². The monoisotopic (exact) mass is 233 g/mol. The van der Waals surface area contributed by atoms with Crippen molar-refractivity contribution < 1.29 is 4.74 Å². The standard InChI is InChI=1S/C15H23NO/c1-10-8-11(2)12(3)15(9-10)17-14-7-5-4-6-13(14)16/h8-9,13-14H,4-7,16H2,1-3H3. The molecule has 0 aliphatic heterocycles. The van der Waals surface area contributed by atoms with Crippen LogP contribution in [0.5, 0.6) is 5.75 Å². The number of nitrogens with two attached hydrogens (primary N) is 1. The van der Waals surface area contributed by atoms with E-state index in [1.54, 1.807) is 0 Å². The van der Waals surface area contributed by atoms with E-state index in [1.165, 1.54) is 29.5 Å². The van der Waals surface area contributed by atoms with Gasteiger partial charge in [-0.05, 0) is 62.8 Å². The molecule has 1 aromatic rings. The summed E-state index contributed by atoms with van der Waals surface area (Å²) in [6.45, 7) is 6.37. The van der Waals surface area contributed by atoms with Crippen molar-refractivity contribution >= 4 is 0 Å². The van der Waals surface area contributed by atoms with E-state index in [0.717, 1.165) is 18.6 Å². The molecule has 2 rings (SSSR count). The summed E-state index contributed by atoms with van der Waals surface area (Å²) >= 11 is 0. The van der Waals surface area contributed by atoms with Gasteiger partial charge in [-0.2, -0.15) is 0 Å². The van der Waals surface area contributed by atoms with Crippen LogP contribution in [0.4, 0.5) is 0 Å². The van der Waals surface area contributed by atoms with Crippen LogP contribution < -0.4 is 10.5 Å². The Morgan fingerprint density at radius 2 is 1.82 bits per heavy atom. The predicted molar refractivity (Wildman–Crippen MR) is 71.5 cm³/mol. The van der Waals surface area contributed by atoms with Gasteiger partial charge in [0.05, 0.1) is 0 Å². The van der Waals surface area contributed by atoms with E-state index in [2.05, 4.69) is 32.9 Å². The van der Waals surface area contributed by atoms with Crippen LogP contribution in [0.2, 0.25) is 0 Å². The van der Waals surface area contributed by atoms with Gasteiger partial charge in [0.25, 0.3) is 0 Å². The first kappa shape index (κ1) is 12.4. The summed E-state index contributed by atoms with van der Waals surface area (Å²) in [6.07, 6.45) is 4.86. The van der Waals surface area contributed by atoms with Crippen molar-refractivity contribution in [3.8, 4) is 5.75 Å². The van der Waals surface area contributed by atoms with Crippen LogP contribution in [0.3, 0.4) is 0 Å². The van der Waals surface area contributed by atoms with Crippen molar-refractivity contribution in [2.45, 2.75) is 58.6 Å².